The molecule has 1 aromatic rings. The van der Waals surface area contributed by atoms with E-state index in [4.69, 9.17) is 14.2 Å². The summed E-state index contributed by atoms with van der Waals surface area (Å²) in [6, 6.07) is 7.40. The van der Waals surface area contributed by atoms with Crippen LogP contribution in [0, 0.1) is 0 Å². The second kappa shape index (κ2) is 6.32. The number of hydrogen-bond acceptors (Lipinski definition) is 5. The van der Waals surface area contributed by atoms with Gasteiger partial charge in [-0.25, -0.2) is 9.59 Å². The Bertz CT molecular complexity index is 574. The molecule has 0 unspecified atom stereocenters. The second-order valence-corrected chi connectivity index (χ2v) is 5.84. The first-order valence-corrected chi connectivity index (χ1v) is 7.16. The lowest BCUT2D eigenvalue weighted by atomic mass is 10.1. The summed E-state index contributed by atoms with van der Waals surface area (Å²) in [5.74, 6) is -2.56. The highest BCUT2D eigenvalue weighted by atomic mass is 16.7. The van der Waals surface area contributed by atoms with Crippen LogP contribution in [0.2, 0.25) is 0 Å². The molecule has 0 spiro atoms. The van der Waals surface area contributed by atoms with Crippen LogP contribution < -0.4 is 0 Å². The molecule has 2 rings (SSSR count). The highest BCUT2D eigenvalue weighted by Crippen LogP contribution is 2.24. The molecule has 1 aliphatic rings. The molecule has 0 atom stereocenters. The Morgan fingerprint density at radius 3 is 2.14 bits per heavy atom. The van der Waals surface area contributed by atoms with E-state index in [1.165, 1.54) is 19.9 Å². The third-order valence-corrected chi connectivity index (χ3v) is 2.99. The normalized spacial score (nSPS) is 17.2. The first-order valence-electron chi connectivity index (χ1n) is 7.16. The van der Waals surface area contributed by atoms with Crippen molar-refractivity contribution >= 4 is 18.0 Å². The lowest BCUT2D eigenvalue weighted by Gasteiger charge is -2.29. The summed E-state index contributed by atoms with van der Waals surface area (Å²) in [5, 5.41) is 0. The van der Waals surface area contributed by atoms with Gasteiger partial charge in [-0.3, -0.25) is 0 Å². The van der Waals surface area contributed by atoms with Crippen molar-refractivity contribution in [3.63, 3.8) is 0 Å². The second-order valence-electron chi connectivity index (χ2n) is 5.84. The van der Waals surface area contributed by atoms with E-state index in [0.29, 0.717) is 6.61 Å². The van der Waals surface area contributed by atoms with Crippen LogP contribution in [0.15, 0.2) is 29.8 Å². The average molecular weight is 304 g/mol. The number of carbonyl (C=O) groups is 2. The van der Waals surface area contributed by atoms with Gasteiger partial charge in [-0.15, -0.1) is 0 Å². The third kappa shape index (κ3) is 4.18. The zero-order chi connectivity index (χ0) is 16.3. The van der Waals surface area contributed by atoms with Crippen molar-refractivity contribution in [3.8, 4) is 0 Å². The number of carbonyl (C=O) groups excluding carboxylic acids is 2. The molecular formula is C17H20O5. The number of benzene rings is 1. The van der Waals surface area contributed by atoms with Gasteiger partial charge in [-0.05, 0) is 31.1 Å². The lowest BCUT2D eigenvalue weighted by Crippen LogP contribution is -2.41. The Hall–Kier alpha value is -2.14. The molecule has 118 valence electrons. The molecule has 0 N–H and O–H groups in total. The molecule has 0 radical (unpaired) electrons. The first-order chi connectivity index (χ1) is 10.3. The predicted molar refractivity (Wildman–Crippen MR) is 80.6 cm³/mol. The van der Waals surface area contributed by atoms with E-state index in [-0.39, 0.29) is 11.7 Å². The van der Waals surface area contributed by atoms with Gasteiger partial charge in [-0.1, -0.05) is 24.3 Å². The van der Waals surface area contributed by atoms with Crippen LogP contribution in [-0.4, -0.2) is 23.8 Å². The summed E-state index contributed by atoms with van der Waals surface area (Å²) < 4.78 is 15.6. The van der Waals surface area contributed by atoms with E-state index in [1.807, 2.05) is 38.1 Å². The molecular weight excluding hydrogens is 284 g/mol. The maximum Gasteiger partial charge on any atom is 0.348 e. The van der Waals surface area contributed by atoms with Crippen molar-refractivity contribution in [1.82, 2.24) is 0 Å². The van der Waals surface area contributed by atoms with Gasteiger partial charge in [0.2, 0.25) is 0 Å². The fraction of sp³-hybridized carbons (Fsp3) is 0.412. The number of ether oxygens (including phenoxy) is 3. The smallest absolute Gasteiger partial charge is 0.348 e. The lowest BCUT2D eigenvalue weighted by molar-refractivity contribution is -0.222. The average Bonchev–Trinajstić information content (AvgIpc) is 2.41. The van der Waals surface area contributed by atoms with Gasteiger partial charge in [0.15, 0.2) is 0 Å². The Labute approximate surface area is 129 Å². The highest BCUT2D eigenvalue weighted by molar-refractivity contribution is 6.18. The molecule has 0 aliphatic carbocycles. The Kier molecular flexibility index (Phi) is 4.66. The minimum Gasteiger partial charge on any atom is -0.419 e. The SMILES string of the molecule is CC(C)OCc1ccc(C=C2C(=O)OC(C)(C)OC2=O)cc1. The summed E-state index contributed by atoms with van der Waals surface area (Å²) >= 11 is 0. The molecule has 22 heavy (non-hydrogen) atoms. The van der Waals surface area contributed by atoms with Crippen molar-refractivity contribution in [2.24, 2.45) is 0 Å². The summed E-state index contributed by atoms with van der Waals surface area (Å²) in [7, 11) is 0. The van der Waals surface area contributed by atoms with Crippen LogP contribution in [0.1, 0.15) is 38.8 Å². The molecule has 1 heterocycles. The van der Waals surface area contributed by atoms with Crippen LogP contribution in [0.25, 0.3) is 6.08 Å². The van der Waals surface area contributed by atoms with E-state index < -0.39 is 17.7 Å². The van der Waals surface area contributed by atoms with Crippen LogP contribution in [-0.2, 0) is 30.4 Å². The predicted octanol–water partition coefficient (Wildman–Crippen LogP) is 2.83. The monoisotopic (exact) mass is 304 g/mol. The van der Waals surface area contributed by atoms with E-state index >= 15 is 0 Å². The van der Waals surface area contributed by atoms with Gasteiger partial charge in [0.1, 0.15) is 5.57 Å². The number of cyclic esters (lactones) is 2. The van der Waals surface area contributed by atoms with E-state index in [9.17, 15) is 9.59 Å². The Morgan fingerprint density at radius 1 is 1.09 bits per heavy atom. The quantitative estimate of drug-likeness (QED) is 0.486. The molecule has 0 saturated carbocycles. The van der Waals surface area contributed by atoms with Crippen molar-refractivity contribution in [2.45, 2.75) is 46.2 Å². The zero-order valence-corrected chi connectivity index (χ0v) is 13.2. The molecule has 1 saturated heterocycles. The maximum atomic E-state index is 11.9. The van der Waals surface area contributed by atoms with Gasteiger partial charge >= 0.3 is 11.9 Å². The molecule has 1 aliphatic heterocycles. The largest absolute Gasteiger partial charge is 0.419 e. The summed E-state index contributed by atoms with van der Waals surface area (Å²) in [5.41, 5.74) is 1.63. The molecule has 5 nitrogen and oxygen atoms in total. The fourth-order valence-electron chi connectivity index (χ4n) is 1.92. The third-order valence-electron chi connectivity index (χ3n) is 2.99. The molecule has 0 amide bonds. The zero-order valence-electron chi connectivity index (χ0n) is 13.2. The van der Waals surface area contributed by atoms with E-state index in [0.717, 1.165) is 11.1 Å². The summed E-state index contributed by atoms with van der Waals surface area (Å²) in [6.45, 7) is 7.50. The highest BCUT2D eigenvalue weighted by Gasteiger charge is 2.38. The number of rotatable bonds is 4. The van der Waals surface area contributed by atoms with Crippen molar-refractivity contribution < 1.29 is 23.8 Å². The van der Waals surface area contributed by atoms with Crippen LogP contribution in [0.3, 0.4) is 0 Å². The minimum atomic E-state index is -1.22. The van der Waals surface area contributed by atoms with Gasteiger partial charge in [0.05, 0.1) is 12.7 Å². The van der Waals surface area contributed by atoms with Crippen molar-refractivity contribution in [1.29, 1.82) is 0 Å². The maximum absolute atomic E-state index is 11.9. The fourth-order valence-corrected chi connectivity index (χ4v) is 1.92. The van der Waals surface area contributed by atoms with Crippen LogP contribution in [0.5, 0.6) is 0 Å². The molecule has 1 aromatic carbocycles. The topological polar surface area (TPSA) is 61.8 Å². The van der Waals surface area contributed by atoms with Crippen molar-refractivity contribution in [3.05, 3.63) is 41.0 Å². The number of esters is 2. The van der Waals surface area contributed by atoms with Gasteiger partial charge in [-0.2, -0.15) is 0 Å². The van der Waals surface area contributed by atoms with Gasteiger partial charge in [0.25, 0.3) is 5.79 Å². The molecule has 5 heteroatoms. The van der Waals surface area contributed by atoms with E-state index in [2.05, 4.69) is 0 Å². The number of hydrogen-bond donors (Lipinski definition) is 0. The van der Waals surface area contributed by atoms with Crippen molar-refractivity contribution in [2.75, 3.05) is 0 Å². The minimum absolute atomic E-state index is 0.106. The molecule has 0 aromatic heterocycles. The summed E-state index contributed by atoms with van der Waals surface area (Å²) in [4.78, 5) is 23.7. The Morgan fingerprint density at radius 2 is 1.64 bits per heavy atom. The first kappa shape index (κ1) is 16.2. The van der Waals surface area contributed by atoms with E-state index in [1.54, 1.807) is 0 Å². The molecule has 0 bridgehead atoms. The standard InChI is InChI=1S/C17H20O5/c1-11(2)20-10-13-7-5-12(6-8-13)9-14-15(18)21-17(3,4)22-16(14)19/h5-9,11H,10H2,1-4H3. The van der Waals surface area contributed by atoms with Gasteiger partial charge in [0, 0.05) is 13.8 Å². The van der Waals surface area contributed by atoms with Gasteiger partial charge < -0.3 is 14.2 Å². The summed E-state index contributed by atoms with van der Waals surface area (Å²) in [6.07, 6.45) is 1.63. The van der Waals surface area contributed by atoms with Crippen LogP contribution >= 0.6 is 0 Å². The Balaban J connectivity index is 2.12. The van der Waals surface area contributed by atoms with Crippen LogP contribution in [0.4, 0.5) is 0 Å². The molecule has 1 fully saturated rings.